The summed E-state index contributed by atoms with van der Waals surface area (Å²) in [6.45, 7) is 5.65. The van der Waals surface area contributed by atoms with E-state index in [1.54, 1.807) is 0 Å². The summed E-state index contributed by atoms with van der Waals surface area (Å²) in [5, 5.41) is 3.76. The number of nitrogens with zero attached hydrogens (tertiary/aromatic N) is 1. The standard InChI is InChI=1S/C17H27BrN2/c1-3-11-19-17(16-10-9-14(18)12-20-16)15-8-6-5-7-13(15)4-2/h9-10,12-13,15,17,19H,3-8,11H2,1-2H3. The number of hydrogen-bond acceptors (Lipinski definition) is 2. The molecule has 1 aromatic heterocycles. The molecule has 0 bridgehead atoms. The molecule has 0 saturated heterocycles. The molecule has 0 spiro atoms. The van der Waals surface area contributed by atoms with E-state index in [0.29, 0.717) is 6.04 Å². The molecule has 3 atom stereocenters. The van der Waals surface area contributed by atoms with E-state index in [9.17, 15) is 0 Å². The molecule has 2 nitrogen and oxygen atoms in total. The zero-order chi connectivity index (χ0) is 14.4. The molecule has 0 amide bonds. The maximum Gasteiger partial charge on any atom is 0.0576 e. The van der Waals surface area contributed by atoms with Crippen molar-refractivity contribution in [2.24, 2.45) is 11.8 Å². The molecule has 3 unspecified atom stereocenters. The predicted octanol–water partition coefficient (Wildman–Crippen LogP) is 5.10. The first-order valence-corrected chi connectivity index (χ1v) is 8.90. The Morgan fingerprint density at radius 3 is 2.75 bits per heavy atom. The van der Waals surface area contributed by atoms with Gasteiger partial charge in [0.2, 0.25) is 0 Å². The van der Waals surface area contributed by atoms with Gasteiger partial charge in [-0.1, -0.05) is 39.5 Å². The van der Waals surface area contributed by atoms with Crippen LogP contribution >= 0.6 is 15.9 Å². The predicted molar refractivity (Wildman–Crippen MR) is 88.7 cm³/mol. The van der Waals surface area contributed by atoms with Crippen molar-refractivity contribution in [1.82, 2.24) is 10.3 Å². The number of halogens is 1. The van der Waals surface area contributed by atoms with Crippen molar-refractivity contribution >= 4 is 15.9 Å². The normalized spacial score (nSPS) is 24.6. The lowest BCUT2D eigenvalue weighted by Crippen LogP contribution is -2.35. The van der Waals surface area contributed by atoms with Crippen molar-refractivity contribution in [1.29, 1.82) is 0 Å². The van der Waals surface area contributed by atoms with Crippen molar-refractivity contribution in [3.63, 3.8) is 0 Å². The molecular formula is C17H27BrN2. The minimum Gasteiger partial charge on any atom is -0.308 e. The third-order valence-corrected chi connectivity index (χ3v) is 5.07. The van der Waals surface area contributed by atoms with Crippen LogP contribution in [-0.2, 0) is 0 Å². The van der Waals surface area contributed by atoms with Gasteiger partial charge in [-0.3, -0.25) is 4.98 Å². The summed E-state index contributed by atoms with van der Waals surface area (Å²) >= 11 is 3.49. The van der Waals surface area contributed by atoms with Crippen LogP contribution in [0, 0.1) is 11.8 Å². The van der Waals surface area contributed by atoms with Gasteiger partial charge in [0.1, 0.15) is 0 Å². The largest absolute Gasteiger partial charge is 0.308 e. The molecule has 1 heterocycles. The van der Waals surface area contributed by atoms with Gasteiger partial charge in [-0.15, -0.1) is 0 Å². The molecule has 1 aliphatic carbocycles. The summed E-state index contributed by atoms with van der Waals surface area (Å²) in [6, 6.07) is 4.72. The van der Waals surface area contributed by atoms with Crippen molar-refractivity contribution in [2.75, 3.05) is 6.54 Å². The second-order valence-electron chi connectivity index (χ2n) is 5.95. The Kier molecular flexibility index (Phi) is 6.50. The van der Waals surface area contributed by atoms with E-state index in [4.69, 9.17) is 0 Å². The molecular weight excluding hydrogens is 312 g/mol. The molecule has 2 rings (SSSR count). The summed E-state index contributed by atoms with van der Waals surface area (Å²) in [5.74, 6) is 1.59. The van der Waals surface area contributed by atoms with E-state index in [-0.39, 0.29) is 0 Å². The van der Waals surface area contributed by atoms with Crippen molar-refractivity contribution < 1.29 is 0 Å². The quantitative estimate of drug-likeness (QED) is 0.780. The van der Waals surface area contributed by atoms with Gasteiger partial charge in [0.05, 0.1) is 11.7 Å². The molecule has 112 valence electrons. The van der Waals surface area contributed by atoms with Crippen LogP contribution < -0.4 is 5.32 Å². The fourth-order valence-corrected chi connectivity index (χ4v) is 3.76. The van der Waals surface area contributed by atoms with Crippen LogP contribution in [0.4, 0.5) is 0 Å². The molecule has 0 aliphatic heterocycles. The van der Waals surface area contributed by atoms with Gasteiger partial charge in [0, 0.05) is 10.7 Å². The molecule has 0 radical (unpaired) electrons. The Balaban J connectivity index is 2.18. The van der Waals surface area contributed by atoms with Gasteiger partial charge in [0.25, 0.3) is 0 Å². The fraction of sp³-hybridized carbons (Fsp3) is 0.706. The van der Waals surface area contributed by atoms with Gasteiger partial charge in [-0.2, -0.15) is 0 Å². The van der Waals surface area contributed by atoms with Crippen LogP contribution in [0.1, 0.15) is 64.1 Å². The monoisotopic (exact) mass is 338 g/mol. The van der Waals surface area contributed by atoms with Crippen molar-refractivity contribution in [3.05, 3.63) is 28.5 Å². The maximum absolute atomic E-state index is 4.67. The number of nitrogens with one attached hydrogen (secondary N) is 1. The minimum atomic E-state index is 0.424. The highest BCUT2D eigenvalue weighted by Gasteiger charge is 2.32. The summed E-state index contributed by atoms with van der Waals surface area (Å²) in [7, 11) is 0. The first-order valence-electron chi connectivity index (χ1n) is 8.11. The minimum absolute atomic E-state index is 0.424. The third-order valence-electron chi connectivity index (χ3n) is 4.60. The van der Waals surface area contributed by atoms with E-state index in [1.807, 2.05) is 6.20 Å². The number of aromatic nitrogens is 1. The van der Waals surface area contributed by atoms with Gasteiger partial charge in [-0.25, -0.2) is 0 Å². The molecule has 1 N–H and O–H groups in total. The zero-order valence-electron chi connectivity index (χ0n) is 12.7. The Labute approximate surface area is 131 Å². The van der Waals surface area contributed by atoms with Gasteiger partial charge >= 0.3 is 0 Å². The molecule has 1 fully saturated rings. The van der Waals surface area contributed by atoms with E-state index < -0.39 is 0 Å². The second-order valence-corrected chi connectivity index (χ2v) is 6.87. The number of rotatable bonds is 6. The SMILES string of the molecule is CCCNC(c1ccc(Br)cn1)C1CCCCC1CC. The highest BCUT2D eigenvalue weighted by Crippen LogP contribution is 2.39. The molecule has 0 aromatic carbocycles. The fourth-order valence-electron chi connectivity index (χ4n) is 3.53. The van der Waals surface area contributed by atoms with Crippen LogP contribution in [0.5, 0.6) is 0 Å². The summed E-state index contributed by atoms with van der Waals surface area (Å²) < 4.78 is 1.06. The average Bonchev–Trinajstić information content (AvgIpc) is 2.50. The number of hydrogen-bond donors (Lipinski definition) is 1. The zero-order valence-corrected chi connectivity index (χ0v) is 14.3. The lowest BCUT2D eigenvalue weighted by molar-refractivity contribution is 0.173. The van der Waals surface area contributed by atoms with E-state index in [2.05, 4.69) is 52.2 Å². The van der Waals surface area contributed by atoms with E-state index in [0.717, 1.165) is 22.9 Å². The van der Waals surface area contributed by atoms with Gasteiger partial charge in [0.15, 0.2) is 0 Å². The Morgan fingerprint density at radius 2 is 2.10 bits per heavy atom. The first-order chi connectivity index (χ1) is 9.76. The smallest absolute Gasteiger partial charge is 0.0576 e. The van der Waals surface area contributed by atoms with Crippen LogP contribution in [0.25, 0.3) is 0 Å². The van der Waals surface area contributed by atoms with Gasteiger partial charge < -0.3 is 5.32 Å². The summed E-state index contributed by atoms with van der Waals surface area (Å²) in [4.78, 5) is 4.67. The van der Waals surface area contributed by atoms with Crippen molar-refractivity contribution in [3.8, 4) is 0 Å². The molecule has 1 aromatic rings. The first kappa shape index (κ1) is 16.0. The topological polar surface area (TPSA) is 24.9 Å². The highest BCUT2D eigenvalue weighted by atomic mass is 79.9. The van der Waals surface area contributed by atoms with E-state index >= 15 is 0 Å². The Morgan fingerprint density at radius 1 is 1.30 bits per heavy atom. The van der Waals surface area contributed by atoms with Crippen LogP contribution in [0.3, 0.4) is 0 Å². The maximum atomic E-state index is 4.67. The summed E-state index contributed by atoms with van der Waals surface area (Å²) in [6.07, 6.45) is 9.92. The molecule has 3 heteroatoms. The summed E-state index contributed by atoms with van der Waals surface area (Å²) in [5.41, 5.74) is 1.21. The van der Waals surface area contributed by atoms with Crippen LogP contribution in [0.2, 0.25) is 0 Å². The van der Waals surface area contributed by atoms with E-state index in [1.165, 1.54) is 44.2 Å². The van der Waals surface area contributed by atoms with Crippen molar-refractivity contribution in [2.45, 2.75) is 58.4 Å². The lowest BCUT2D eigenvalue weighted by atomic mass is 9.73. The highest BCUT2D eigenvalue weighted by molar-refractivity contribution is 9.10. The lowest BCUT2D eigenvalue weighted by Gasteiger charge is -2.37. The molecule has 20 heavy (non-hydrogen) atoms. The van der Waals surface area contributed by atoms with Crippen LogP contribution in [0.15, 0.2) is 22.8 Å². The Hall–Kier alpha value is -0.410. The Bertz CT molecular complexity index is 390. The molecule has 1 saturated carbocycles. The average molecular weight is 339 g/mol. The van der Waals surface area contributed by atoms with Gasteiger partial charge in [-0.05, 0) is 59.3 Å². The second kappa shape index (κ2) is 8.14. The number of pyridine rings is 1. The molecule has 1 aliphatic rings. The third kappa shape index (κ3) is 4.05. The van der Waals surface area contributed by atoms with Crippen LogP contribution in [-0.4, -0.2) is 11.5 Å².